The zero-order valence-electron chi connectivity index (χ0n) is 23.8. The molecule has 0 saturated heterocycles. The van der Waals surface area contributed by atoms with E-state index >= 15 is 0 Å². The van der Waals surface area contributed by atoms with Gasteiger partial charge in [-0.25, -0.2) is 15.0 Å². The number of benzene rings is 1. The van der Waals surface area contributed by atoms with Crippen LogP contribution in [0.5, 0.6) is 0 Å². The molecule has 1 fully saturated rings. The molecular weight excluding hydrogens is 536 g/mol. The van der Waals surface area contributed by atoms with Crippen LogP contribution in [0.1, 0.15) is 80.2 Å². The predicted octanol–water partition coefficient (Wildman–Crippen LogP) is 6.60. The van der Waals surface area contributed by atoms with Gasteiger partial charge < -0.3 is 16.0 Å². The van der Waals surface area contributed by atoms with Crippen molar-refractivity contribution in [2.75, 3.05) is 10.6 Å². The zero-order chi connectivity index (χ0) is 29.2. The maximum atomic E-state index is 12.9. The quantitative estimate of drug-likeness (QED) is 0.236. The van der Waals surface area contributed by atoms with E-state index in [2.05, 4.69) is 45.0 Å². The first-order chi connectivity index (χ1) is 19.9. The van der Waals surface area contributed by atoms with Gasteiger partial charge in [0.1, 0.15) is 5.69 Å². The molecule has 0 spiro atoms. The molecule has 2 aromatic heterocycles. The predicted molar refractivity (Wildman–Crippen MR) is 165 cm³/mol. The molecule has 2 unspecified atom stereocenters. The van der Waals surface area contributed by atoms with Gasteiger partial charge >= 0.3 is 0 Å². The monoisotopic (exact) mass is 572 g/mol. The maximum absolute atomic E-state index is 12.9. The first kappa shape index (κ1) is 29.9. The van der Waals surface area contributed by atoms with E-state index in [0.717, 1.165) is 49.7 Å². The lowest BCUT2D eigenvalue weighted by Gasteiger charge is -2.30. The number of carbonyl (C=O) groups is 2. The summed E-state index contributed by atoms with van der Waals surface area (Å²) in [4.78, 5) is 38.3. The van der Waals surface area contributed by atoms with Crippen molar-refractivity contribution >= 4 is 40.6 Å². The summed E-state index contributed by atoms with van der Waals surface area (Å²) in [6.45, 7) is 6.08. The first-order valence-electron chi connectivity index (χ1n) is 14.2. The van der Waals surface area contributed by atoms with E-state index < -0.39 is 0 Å². The summed E-state index contributed by atoms with van der Waals surface area (Å²) in [5.41, 5.74) is 4.85. The fourth-order valence-electron chi connectivity index (χ4n) is 5.04. The summed E-state index contributed by atoms with van der Waals surface area (Å²) in [5, 5.41) is 9.81. The van der Waals surface area contributed by atoms with Crippen LogP contribution in [0.15, 0.2) is 67.0 Å². The van der Waals surface area contributed by atoms with E-state index in [-0.39, 0.29) is 23.9 Å². The van der Waals surface area contributed by atoms with Gasteiger partial charge in [-0.15, -0.1) is 0 Å². The van der Waals surface area contributed by atoms with Gasteiger partial charge in [0.25, 0.3) is 5.91 Å². The number of aryl methyl sites for hydroxylation is 1. The highest BCUT2D eigenvalue weighted by atomic mass is 35.5. The van der Waals surface area contributed by atoms with Crippen molar-refractivity contribution in [1.82, 2.24) is 20.3 Å². The number of amides is 2. The number of halogens is 1. The number of anilines is 2. The van der Waals surface area contributed by atoms with Crippen molar-refractivity contribution in [2.45, 2.75) is 71.4 Å². The standard InChI is InChI=1S/C32H37ClN6O2/c1-4-7-15-29(40)36-24-16-17-28(34-19-24)31(41)37-22-12-10-13-23(18-22)38-32-35-20-27(33)30(39-32)25(6-3)26-14-9-8-11-21(26)5-2/h6-9,11,14-17,19-20,22-23H,4-5,10,12-13,18H2,1-3H3,(H,36,40)(H,37,41)(H,35,38,39)/b15-7+,25-6+. The van der Waals surface area contributed by atoms with Crippen LogP contribution >= 0.6 is 11.6 Å². The minimum absolute atomic E-state index is 0.0107. The second-order valence-electron chi connectivity index (χ2n) is 10.0. The van der Waals surface area contributed by atoms with Crippen LogP contribution in [0.2, 0.25) is 5.02 Å². The van der Waals surface area contributed by atoms with Crippen LogP contribution in [0, 0.1) is 0 Å². The summed E-state index contributed by atoms with van der Waals surface area (Å²) < 4.78 is 0. The van der Waals surface area contributed by atoms with Gasteiger partial charge in [-0.1, -0.05) is 61.9 Å². The second kappa shape index (κ2) is 14.6. The highest BCUT2D eigenvalue weighted by Crippen LogP contribution is 2.31. The number of allylic oxidation sites excluding steroid dienone is 2. The molecule has 8 nitrogen and oxygen atoms in total. The molecule has 3 aromatic rings. The van der Waals surface area contributed by atoms with Crippen molar-refractivity contribution in [3.8, 4) is 0 Å². The fraction of sp³-hybridized carbons (Fsp3) is 0.344. The Morgan fingerprint density at radius 1 is 1.05 bits per heavy atom. The van der Waals surface area contributed by atoms with E-state index in [1.165, 1.54) is 17.8 Å². The van der Waals surface area contributed by atoms with E-state index in [4.69, 9.17) is 16.6 Å². The third kappa shape index (κ3) is 8.01. The number of nitrogens with zero attached hydrogens (tertiary/aromatic N) is 3. The third-order valence-electron chi connectivity index (χ3n) is 7.09. The van der Waals surface area contributed by atoms with Crippen LogP contribution in [-0.4, -0.2) is 38.8 Å². The van der Waals surface area contributed by atoms with Gasteiger partial charge in [0.05, 0.1) is 28.8 Å². The van der Waals surface area contributed by atoms with Gasteiger partial charge in [-0.3, -0.25) is 9.59 Å². The van der Waals surface area contributed by atoms with Gasteiger partial charge in [-0.2, -0.15) is 0 Å². The van der Waals surface area contributed by atoms with Crippen LogP contribution in [0.4, 0.5) is 11.6 Å². The van der Waals surface area contributed by atoms with Crippen molar-refractivity contribution in [3.63, 3.8) is 0 Å². The molecule has 2 heterocycles. The normalized spacial score (nSPS) is 17.3. The zero-order valence-corrected chi connectivity index (χ0v) is 24.5. The highest BCUT2D eigenvalue weighted by Gasteiger charge is 2.25. The Balaban J connectivity index is 1.39. The van der Waals surface area contributed by atoms with E-state index in [0.29, 0.717) is 28.0 Å². The SMILES string of the molecule is C/C=C(\c1ccccc1CC)c1nc(NC2CCCC(NC(=O)c3ccc(NC(=O)/C=C/CC)cn3)C2)ncc1Cl. The van der Waals surface area contributed by atoms with E-state index in [1.54, 1.807) is 24.4 Å². The number of aromatic nitrogens is 3. The van der Waals surface area contributed by atoms with Crippen LogP contribution in [0.25, 0.3) is 5.57 Å². The lowest BCUT2D eigenvalue weighted by Crippen LogP contribution is -2.42. The Kier molecular flexibility index (Phi) is 10.6. The summed E-state index contributed by atoms with van der Waals surface area (Å²) in [7, 11) is 0. The van der Waals surface area contributed by atoms with Crippen LogP contribution in [0.3, 0.4) is 0 Å². The minimum atomic E-state index is -0.239. The molecule has 0 aliphatic heterocycles. The highest BCUT2D eigenvalue weighted by molar-refractivity contribution is 6.32. The molecule has 1 saturated carbocycles. The molecule has 1 aromatic carbocycles. The largest absolute Gasteiger partial charge is 0.351 e. The number of carbonyl (C=O) groups excluding carboxylic acids is 2. The minimum Gasteiger partial charge on any atom is -0.351 e. The lowest BCUT2D eigenvalue weighted by atomic mass is 9.91. The van der Waals surface area contributed by atoms with Crippen molar-refractivity contribution < 1.29 is 9.59 Å². The third-order valence-corrected chi connectivity index (χ3v) is 7.36. The average molecular weight is 573 g/mol. The smallest absolute Gasteiger partial charge is 0.270 e. The molecule has 0 radical (unpaired) electrons. The summed E-state index contributed by atoms with van der Waals surface area (Å²) in [5.74, 6) is 0.0515. The molecule has 3 N–H and O–H groups in total. The Bertz CT molecular complexity index is 1420. The molecule has 1 aliphatic rings. The summed E-state index contributed by atoms with van der Waals surface area (Å²) in [6.07, 6.45) is 13.6. The number of pyridine rings is 1. The number of hydrogen-bond acceptors (Lipinski definition) is 6. The second-order valence-corrected chi connectivity index (χ2v) is 10.4. The fourth-order valence-corrected chi connectivity index (χ4v) is 5.23. The molecule has 9 heteroatoms. The van der Waals surface area contributed by atoms with Crippen LogP contribution < -0.4 is 16.0 Å². The van der Waals surface area contributed by atoms with Gasteiger partial charge in [-0.05, 0) is 74.8 Å². The average Bonchev–Trinajstić information content (AvgIpc) is 2.99. The number of hydrogen-bond donors (Lipinski definition) is 3. The van der Waals surface area contributed by atoms with Gasteiger partial charge in [0.15, 0.2) is 0 Å². The van der Waals surface area contributed by atoms with Gasteiger partial charge in [0.2, 0.25) is 11.9 Å². The topological polar surface area (TPSA) is 109 Å². The van der Waals surface area contributed by atoms with Crippen molar-refractivity contribution in [3.05, 3.63) is 94.6 Å². The van der Waals surface area contributed by atoms with Crippen LogP contribution in [-0.2, 0) is 11.2 Å². The van der Waals surface area contributed by atoms with E-state index in [1.807, 2.05) is 32.1 Å². The maximum Gasteiger partial charge on any atom is 0.270 e. The summed E-state index contributed by atoms with van der Waals surface area (Å²) in [6, 6.07) is 11.7. The van der Waals surface area contributed by atoms with Gasteiger partial charge in [0, 0.05) is 17.7 Å². The molecule has 1 aliphatic carbocycles. The van der Waals surface area contributed by atoms with E-state index in [9.17, 15) is 9.59 Å². The van der Waals surface area contributed by atoms with Crippen molar-refractivity contribution in [2.24, 2.45) is 0 Å². The first-order valence-corrected chi connectivity index (χ1v) is 14.6. The molecule has 4 rings (SSSR count). The molecule has 41 heavy (non-hydrogen) atoms. The summed E-state index contributed by atoms with van der Waals surface area (Å²) >= 11 is 6.58. The Labute approximate surface area is 246 Å². The molecular formula is C32H37ClN6O2. The Morgan fingerprint density at radius 3 is 2.59 bits per heavy atom. The number of nitrogens with one attached hydrogen (secondary N) is 3. The molecule has 2 atom stereocenters. The molecule has 0 bridgehead atoms. The lowest BCUT2D eigenvalue weighted by molar-refractivity contribution is -0.111. The Morgan fingerprint density at radius 2 is 1.85 bits per heavy atom. The molecule has 214 valence electrons. The molecule has 2 amide bonds. The number of rotatable bonds is 10. The Hall–Kier alpha value is -4.04. The van der Waals surface area contributed by atoms with Crippen molar-refractivity contribution in [1.29, 1.82) is 0 Å².